The Balaban J connectivity index is 1.90. The van der Waals surface area contributed by atoms with Gasteiger partial charge in [0, 0.05) is 18.5 Å². The molecule has 0 atom stereocenters. The smallest absolute Gasteiger partial charge is 0.380 e. The van der Waals surface area contributed by atoms with Gasteiger partial charge in [0.1, 0.15) is 5.01 Å². The van der Waals surface area contributed by atoms with Crippen molar-refractivity contribution in [1.82, 2.24) is 9.88 Å². The van der Waals surface area contributed by atoms with Crippen LogP contribution in [-0.2, 0) is 12.4 Å². The number of hydrogen-bond donors (Lipinski definition) is 1. The Hall–Kier alpha value is -0.370. The van der Waals surface area contributed by atoms with E-state index < -0.39 is 11.8 Å². The van der Waals surface area contributed by atoms with Crippen molar-refractivity contribution in [3.8, 4) is 0 Å². The van der Waals surface area contributed by atoms with Crippen LogP contribution in [0.4, 0.5) is 13.2 Å². The minimum absolute atomic E-state index is 0.214. The van der Waals surface area contributed by atoms with Crippen molar-refractivity contribution in [2.45, 2.75) is 37.0 Å². The predicted molar refractivity (Wildman–Crippen MR) is 67.2 cm³/mol. The van der Waals surface area contributed by atoms with Crippen LogP contribution in [0.25, 0.3) is 0 Å². The third-order valence-electron chi connectivity index (χ3n) is 3.31. The molecule has 1 aliphatic rings. The molecule has 1 saturated heterocycles. The van der Waals surface area contributed by atoms with Gasteiger partial charge in [0.25, 0.3) is 0 Å². The van der Waals surface area contributed by atoms with Crippen LogP contribution in [0.2, 0.25) is 0 Å². The largest absolute Gasteiger partial charge is 0.417 e. The Labute approximate surface area is 118 Å². The zero-order valence-electron chi connectivity index (χ0n) is 10.1. The van der Waals surface area contributed by atoms with E-state index in [9.17, 15) is 18.3 Å². The Morgan fingerprint density at radius 3 is 2.53 bits per heavy atom. The van der Waals surface area contributed by atoms with Crippen LogP contribution in [-0.4, -0.2) is 39.9 Å². The van der Waals surface area contributed by atoms with Gasteiger partial charge < -0.3 is 5.11 Å². The highest BCUT2D eigenvalue weighted by atomic mass is 35.5. The van der Waals surface area contributed by atoms with Gasteiger partial charge in [0.05, 0.1) is 18.1 Å². The second-order valence-corrected chi connectivity index (χ2v) is 5.88. The summed E-state index contributed by atoms with van der Waals surface area (Å²) in [6.45, 7) is 0.938. The van der Waals surface area contributed by atoms with E-state index in [1.54, 1.807) is 0 Å². The number of nitrogens with zero attached hydrogens (tertiary/aromatic N) is 2. The molecule has 0 unspecified atom stereocenters. The van der Waals surface area contributed by atoms with Gasteiger partial charge in [-0.25, -0.2) is 4.98 Å². The second kappa shape index (κ2) is 5.55. The highest BCUT2D eigenvalue weighted by Gasteiger charge is 2.54. The molecule has 1 aromatic rings. The molecule has 108 valence electrons. The molecule has 0 aromatic carbocycles. The van der Waals surface area contributed by atoms with Crippen LogP contribution >= 0.6 is 22.9 Å². The topological polar surface area (TPSA) is 36.4 Å². The van der Waals surface area contributed by atoms with Gasteiger partial charge in [-0.15, -0.1) is 22.9 Å². The number of aromatic nitrogens is 1. The molecule has 1 aromatic heterocycles. The van der Waals surface area contributed by atoms with E-state index in [4.69, 9.17) is 11.6 Å². The van der Waals surface area contributed by atoms with E-state index in [-0.39, 0.29) is 25.9 Å². The van der Waals surface area contributed by atoms with E-state index in [1.807, 2.05) is 10.3 Å². The molecule has 0 radical (unpaired) electrons. The fourth-order valence-electron chi connectivity index (χ4n) is 2.04. The standard InChI is InChI=1S/C11H14ClF3N2OS/c12-5-8-7-19-9(16-8)6-17-3-1-10(18,2-4-17)11(13,14)15/h7,18H,1-6H2. The molecule has 1 fully saturated rings. The Morgan fingerprint density at radius 1 is 1.42 bits per heavy atom. The third kappa shape index (κ3) is 3.39. The van der Waals surface area contributed by atoms with Gasteiger partial charge in [-0.05, 0) is 12.8 Å². The second-order valence-electron chi connectivity index (χ2n) is 4.67. The third-order valence-corrected chi connectivity index (χ3v) is 4.46. The van der Waals surface area contributed by atoms with Crippen LogP contribution in [0.3, 0.4) is 0 Å². The number of thiazole rings is 1. The molecule has 3 nitrogen and oxygen atoms in total. The molecular weight excluding hydrogens is 301 g/mol. The molecule has 2 rings (SSSR count). The first-order valence-electron chi connectivity index (χ1n) is 5.85. The maximum absolute atomic E-state index is 12.6. The molecule has 19 heavy (non-hydrogen) atoms. The summed E-state index contributed by atoms with van der Waals surface area (Å²) in [6, 6.07) is 0. The highest BCUT2D eigenvalue weighted by molar-refractivity contribution is 7.09. The van der Waals surface area contributed by atoms with Gasteiger partial charge in [-0.2, -0.15) is 13.2 Å². The maximum atomic E-state index is 12.6. The predicted octanol–water partition coefficient (Wildman–Crippen LogP) is 2.77. The van der Waals surface area contributed by atoms with Crippen molar-refractivity contribution in [3.05, 3.63) is 16.1 Å². The quantitative estimate of drug-likeness (QED) is 0.872. The van der Waals surface area contributed by atoms with Crippen molar-refractivity contribution >= 4 is 22.9 Å². The molecule has 0 aliphatic carbocycles. The number of likely N-dealkylation sites (tertiary alicyclic amines) is 1. The number of rotatable bonds is 3. The van der Waals surface area contributed by atoms with Crippen molar-refractivity contribution in [2.75, 3.05) is 13.1 Å². The first-order valence-corrected chi connectivity index (χ1v) is 7.26. The summed E-state index contributed by atoms with van der Waals surface area (Å²) in [5.41, 5.74) is -1.75. The molecule has 8 heteroatoms. The summed E-state index contributed by atoms with van der Waals surface area (Å²) < 4.78 is 37.9. The fourth-order valence-corrected chi connectivity index (χ4v) is 3.10. The van der Waals surface area contributed by atoms with Gasteiger partial charge >= 0.3 is 6.18 Å². The zero-order valence-corrected chi connectivity index (χ0v) is 11.7. The van der Waals surface area contributed by atoms with Gasteiger partial charge in [-0.1, -0.05) is 0 Å². The first-order chi connectivity index (χ1) is 8.84. The molecule has 0 amide bonds. The zero-order chi connectivity index (χ0) is 14.1. The summed E-state index contributed by atoms with van der Waals surface area (Å²) in [5, 5.41) is 12.2. The minimum atomic E-state index is -4.55. The van der Waals surface area contributed by atoms with Gasteiger partial charge in [-0.3, -0.25) is 4.90 Å². The lowest BCUT2D eigenvalue weighted by atomic mass is 9.91. The monoisotopic (exact) mass is 314 g/mol. The van der Waals surface area contributed by atoms with Gasteiger partial charge in [0.2, 0.25) is 0 Å². The SMILES string of the molecule is OC1(C(F)(F)F)CCN(Cc2nc(CCl)cs2)CC1. The molecule has 2 heterocycles. The lowest BCUT2D eigenvalue weighted by Gasteiger charge is -2.38. The van der Waals surface area contributed by atoms with Crippen LogP contribution in [0.1, 0.15) is 23.5 Å². The lowest BCUT2D eigenvalue weighted by Crippen LogP contribution is -2.53. The van der Waals surface area contributed by atoms with E-state index in [1.165, 1.54) is 11.3 Å². The fraction of sp³-hybridized carbons (Fsp3) is 0.727. The normalized spacial score (nSPS) is 20.7. The minimum Gasteiger partial charge on any atom is -0.380 e. The van der Waals surface area contributed by atoms with E-state index in [0.29, 0.717) is 12.4 Å². The van der Waals surface area contributed by atoms with Crippen molar-refractivity contribution < 1.29 is 18.3 Å². The summed E-state index contributed by atoms with van der Waals surface area (Å²) >= 11 is 7.09. The summed E-state index contributed by atoms with van der Waals surface area (Å²) in [6.07, 6.45) is -5.12. The van der Waals surface area contributed by atoms with Crippen molar-refractivity contribution in [3.63, 3.8) is 0 Å². The van der Waals surface area contributed by atoms with E-state index in [0.717, 1.165) is 10.7 Å². The molecule has 1 aliphatic heterocycles. The lowest BCUT2D eigenvalue weighted by molar-refractivity contribution is -0.272. The Bertz CT molecular complexity index is 430. The average Bonchev–Trinajstić information content (AvgIpc) is 2.79. The van der Waals surface area contributed by atoms with Crippen LogP contribution in [0.15, 0.2) is 5.38 Å². The highest BCUT2D eigenvalue weighted by Crippen LogP contribution is 2.38. The van der Waals surface area contributed by atoms with Crippen LogP contribution < -0.4 is 0 Å². The number of alkyl halides is 4. The Kier molecular flexibility index (Phi) is 4.39. The molecule has 0 saturated carbocycles. The number of aliphatic hydroxyl groups is 1. The molecule has 0 spiro atoms. The van der Waals surface area contributed by atoms with Crippen molar-refractivity contribution in [2.24, 2.45) is 0 Å². The number of hydrogen-bond acceptors (Lipinski definition) is 4. The van der Waals surface area contributed by atoms with Gasteiger partial charge in [0.15, 0.2) is 5.60 Å². The van der Waals surface area contributed by atoms with Crippen molar-refractivity contribution in [1.29, 1.82) is 0 Å². The summed E-state index contributed by atoms with van der Waals surface area (Å²) in [5.74, 6) is 0.338. The number of halogens is 4. The first kappa shape index (κ1) is 15.0. The number of piperidine rings is 1. The average molecular weight is 315 g/mol. The summed E-state index contributed by atoms with van der Waals surface area (Å²) in [4.78, 5) is 6.14. The molecule has 1 N–H and O–H groups in total. The van der Waals surface area contributed by atoms with Crippen LogP contribution in [0, 0.1) is 0 Å². The molecule has 0 bridgehead atoms. The molecular formula is C11H14ClF3N2OS. The van der Waals surface area contributed by atoms with E-state index >= 15 is 0 Å². The summed E-state index contributed by atoms with van der Waals surface area (Å²) in [7, 11) is 0. The Morgan fingerprint density at radius 2 is 2.05 bits per heavy atom. The maximum Gasteiger partial charge on any atom is 0.417 e. The van der Waals surface area contributed by atoms with E-state index in [2.05, 4.69) is 4.98 Å². The van der Waals surface area contributed by atoms with Crippen LogP contribution in [0.5, 0.6) is 0 Å².